The summed E-state index contributed by atoms with van der Waals surface area (Å²) in [6.45, 7) is 1.81. The highest BCUT2D eigenvalue weighted by molar-refractivity contribution is 9.10. The minimum Gasteiger partial charge on any atom is -0.497 e. The maximum absolute atomic E-state index is 13.3. The van der Waals surface area contributed by atoms with Crippen molar-refractivity contribution in [3.8, 4) is 23.0 Å². The lowest BCUT2D eigenvalue weighted by atomic mass is 9.98. The Morgan fingerprint density at radius 1 is 0.973 bits per heavy atom. The van der Waals surface area contributed by atoms with E-state index >= 15 is 0 Å². The van der Waals surface area contributed by atoms with Gasteiger partial charge in [0.05, 0.1) is 18.9 Å². The highest BCUT2D eigenvalue weighted by Gasteiger charge is 2.33. The number of aryl methyl sites for hydroxylation is 1. The molecular weight excluding hydrogens is 536 g/mol. The van der Waals surface area contributed by atoms with Crippen LogP contribution in [0.1, 0.15) is 36.4 Å². The Hall–Kier alpha value is -3.98. The Kier molecular flexibility index (Phi) is 7.32. The molecule has 188 valence electrons. The van der Waals surface area contributed by atoms with E-state index in [9.17, 15) is 4.79 Å². The largest absolute Gasteiger partial charge is 0.497 e. The third-order valence-corrected chi connectivity index (χ3v) is 6.61. The van der Waals surface area contributed by atoms with E-state index in [2.05, 4.69) is 26.1 Å². The molecule has 0 N–H and O–H groups in total. The summed E-state index contributed by atoms with van der Waals surface area (Å²) >= 11 is 3.47. The number of hydrazone groups is 1. The summed E-state index contributed by atoms with van der Waals surface area (Å²) in [6.07, 6.45) is 1.27. The van der Waals surface area contributed by atoms with E-state index in [0.29, 0.717) is 30.4 Å². The maximum Gasteiger partial charge on any atom is 0.281 e. The van der Waals surface area contributed by atoms with Crippen LogP contribution in [0.4, 0.5) is 0 Å². The molecule has 0 saturated heterocycles. The van der Waals surface area contributed by atoms with Crippen LogP contribution in [-0.4, -0.2) is 40.5 Å². The second-order valence-corrected chi connectivity index (χ2v) is 9.37. The molecule has 1 aromatic heterocycles. The van der Waals surface area contributed by atoms with Gasteiger partial charge < -0.3 is 13.9 Å². The van der Waals surface area contributed by atoms with Crippen LogP contribution in [-0.2, 0) is 11.2 Å². The molecule has 3 aromatic carbocycles. The van der Waals surface area contributed by atoms with Crippen molar-refractivity contribution in [1.29, 1.82) is 0 Å². The maximum atomic E-state index is 13.3. The molecule has 0 bridgehead atoms. The molecule has 1 atom stereocenters. The van der Waals surface area contributed by atoms with E-state index in [0.717, 1.165) is 32.6 Å². The van der Waals surface area contributed by atoms with Crippen LogP contribution in [0.3, 0.4) is 0 Å². The van der Waals surface area contributed by atoms with Crippen LogP contribution in [0.25, 0.3) is 11.5 Å². The van der Waals surface area contributed by atoms with Gasteiger partial charge in [-0.1, -0.05) is 47.1 Å². The van der Waals surface area contributed by atoms with Gasteiger partial charge in [0.25, 0.3) is 5.91 Å². The fourth-order valence-corrected chi connectivity index (χ4v) is 4.33. The van der Waals surface area contributed by atoms with Gasteiger partial charge in [0, 0.05) is 22.9 Å². The van der Waals surface area contributed by atoms with Crippen LogP contribution in [0.15, 0.2) is 86.8 Å². The second-order valence-electron chi connectivity index (χ2n) is 8.45. The first-order valence-electron chi connectivity index (χ1n) is 11.9. The molecule has 2 heterocycles. The first-order valence-corrected chi connectivity index (χ1v) is 12.7. The van der Waals surface area contributed by atoms with Crippen LogP contribution in [0.2, 0.25) is 0 Å². The van der Waals surface area contributed by atoms with E-state index in [1.54, 1.807) is 19.2 Å². The number of amides is 1. The van der Waals surface area contributed by atoms with Gasteiger partial charge in [0.1, 0.15) is 11.5 Å². The van der Waals surface area contributed by atoms with Crippen molar-refractivity contribution in [2.45, 2.75) is 25.8 Å². The summed E-state index contributed by atoms with van der Waals surface area (Å²) in [6, 6.07) is 22.6. The summed E-state index contributed by atoms with van der Waals surface area (Å²) in [5.74, 6) is 2.12. The predicted molar refractivity (Wildman–Crippen MR) is 142 cm³/mol. The number of halogens is 1. The average molecular weight is 561 g/mol. The van der Waals surface area contributed by atoms with Gasteiger partial charge in [-0.2, -0.15) is 5.10 Å². The van der Waals surface area contributed by atoms with E-state index in [4.69, 9.17) is 19.0 Å². The molecule has 1 unspecified atom stereocenters. The molecule has 4 aromatic rings. The number of carbonyl (C=O) groups excluding carboxylic acids is 1. The summed E-state index contributed by atoms with van der Waals surface area (Å²) in [4.78, 5) is 13.3. The van der Waals surface area contributed by atoms with Crippen LogP contribution < -0.4 is 9.47 Å². The normalized spacial score (nSPS) is 14.9. The molecule has 0 radical (unpaired) electrons. The molecule has 1 amide bonds. The lowest BCUT2D eigenvalue weighted by molar-refractivity contribution is -0.135. The van der Waals surface area contributed by atoms with Gasteiger partial charge in [0.2, 0.25) is 11.8 Å². The zero-order chi connectivity index (χ0) is 25.8. The molecular formula is C28H25BrN4O4. The van der Waals surface area contributed by atoms with Gasteiger partial charge in [-0.25, -0.2) is 5.01 Å². The molecule has 5 rings (SSSR count). The van der Waals surface area contributed by atoms with E-state index in [1.165, 1.54) is 5.01 Å². The van der Waals surface area contributed by atoms with Crippen LogP contribution in [0, 0.1) is 0 Å². The number of carbonyl (C=O) groups is 1. The average Bonchev–Trinajstić information content (AvgIpc) is 3.61. The van der Waals surface area contributed by atoms with Crippen molar-refractivity contribution in [3.05, 3.63) is 94.3 Å². The number of nitrogens with zero attached hydrogens (tertiary/aromatic N) is 4. The zero-order valence-electron chi connectivity index (χ0n) is 20.4. The Morgan fingerprint density at radius 3 is 2.30 bits per heavy atom. The summed E-state index contributed by atoms with van der Waals surface area (Å²) in [7, 11) is 1.63. The first kappa shape index (κ1) is 24.7. The van der Waals surface area contributed by atoms with E-state index in [1.807, 2.05) is 67.6 Å². The number of methoxy groups -OCH3 is 1. The Balaban J connectivity index is 1.32. The fourth-order valence-electron chi connectivity index (χ4n) is 4.06. The van der Waals surface area contributed by atoms with Crippen molar-refractivity contribution in [2.24, 2.45) is 5.10 Å². The predicted octanol–water partition coefficient (Wildman–Crippen LogP) is 5.83. The number of benzene rings is 3. The Morgan fingerprint density at radius 2 is 1.65 bits per heavy atom. The number of rotatable bonds is 8. The van der Waals surface area contributed by atoms with Gasteiger partial charge in [0.15, 0.2) is 6.61 Å². The zero-order valence-corrected chi connectivity index (χ0v) is 22.0. The number of aromatic nitrogens is 2. The second kappa shape index (κ2) is 11.0. The number of ether oxygens (including phenoxy) is 2. The summed E-state index contributed by atoms with van der Waals surface area (Å²) in [5.41, 5.74) is 3.58. The first-order chi connectivity index (χ1) is 18.0. The standard InChI is InChI=1S/C28H25BrN4O4/c1-3-26-30-31-28(37-26)20-8-14-23(15-9-20)36-17-27(34)33-25(19-6-12-22(35-2)13-7-19)16-24(32-33)18-4-10-21(29)11-5-18/h4-15,25H,3,16-17H2,1-2H3. The van der Waals surface area contributed by atoms with Gasteiger partial charge >= 0.3 is 0 Å². The quantitative estimate of drug-likeness (QED) is 0.269. The smallest absolute Gasteiger partial charge is 0.281 e. The minimum atomic E-state index is -0.242. The fraction of sp³-hybridized carbons (Fsp3) is 0.214. The lowest BCUT2D eigenvalue weighted by Gasteiger charge is -2.22. The van der Waals surface area contributed by atoms with Crippen molar-refractivity contribution in [3.63, 3.8) is 0 Å². The van der Waals surface area contributed by atoms with Crippen molar-refractivity contribution >= 4 is 27.5 Å². The minimum absolute atomic E-state index is 0.149. The number of hydrogen-bond donors (Lipinski definition) is 0. The van der Waals surface area contributed by atoms with Crippen LogP contribution in [0.5, 0.6) is 11.5 Å². The lowest BCUT2D eigenvalue weighted by Crippen LogP contribution is -2.31. The highest BCUT2D eigenvalue weighted by Crippen LogP contribution is 2.34. The molecule has 0 aliphatic carbocycles. The third-order valence-electron chi connectivity index (χ3n) is 6.08. The molecule has 8 nitrogen and oxygen atoms in total. The van der Waals surface area contributed by atoms with E-state index < -0.39 is 0 Å². The molecule has 0 spiro atoms. The van der Waals surface area contributed by atoms with Crippen molar-refractivity contribution < 1.29 is 18.7 Å². The SMILES string of the molecule is CCc1nnc(-c2ccc(OCC(=O)N3N=C(c4ccc(Br)cc4)CC3c3ccc(OC)cc3)cc2)o1. The summed E-state index contributed by atoms with van der Waals surface area (Å²) in [5, 5.41) is 14.3. The molecule has 9 heteroatoms. The van der Waals surface area contributed by atoms with Crippen LogP contribution >= 0.6 is 15.9 Å². The summed E-state index contributed by atoms with van der Waals surface area (Å²) < 4.78 is 17.7. The number of hydrogen-bond acceptors (Lipinski definition) is 7. The molecule has 0 saturated carbocycles. The topological polar surface area (TPSA) is 90.1 Å². The van der Waals surface area contributed by atoms with Crippen molar-refractivity contribution in [2.75, 3.05) is 13.7 Å². The molecule has 1 aliphatic heterocycles. The molecule has 37 heavy (non-hydrogen) atoms. The monoisotopic (exact) mass is 560 g/mol. The van der Waals surface area contributed by atoms with Crippen molar-refractivity contribution in [1.82, 2.24) is 15.2 Å². The van der Waals surface area contributed by atoms with Gasteiger partial charge in [-0.3, -0.25) is 4.79 Å². The molecule has 1 aliphatic rings. The Bertz CT molecular complexity index is 1400. The van der Waals surface area contributed by atoms with Gasteiger partial charge in [-0.05, 0) is 59.7 Å². The van der Waals surface area contributed by atoms with E-state index in [-0.39, 0.29) is 18.6 Å². The Labute approximate surface area is 223 Å². The van der Waals surface area contributed by atoms with Gasteiger partial charge in [-0.15, -0.1) is 10.2 Å². The highest BCUT2D eigenvalue weighted by atomic mass is 79.9. The molecule has 0 fully saturated rings. The third kappa shape index (κ3) is 5.56.